The van der Waals surface area contributed by atoms with Crippen LogP contribution in [0.2, 0.25) is 0 Å². The minimum absolute atomic E-state index is 0.267. The Morgan fingerprint density at radius 2 is 0.933 bits per heavy atom. The first kappa shape index (κ1) is 22.0. The minimum atomic E-state index is -2.22. The van der Waals surface area contributed by atoms with Crippen LogP contribution in [0.1, 0.15) is 12.5 Å². The van der Waals surface area contributed by atoms with Crippen LogP contribution >= 0.6 is 15.9 Å². The molecule has 3 aromatic rings. The molecule has 0 fully saturated rings. The Morgan fingerprint density at radius 3 is 1.33 bits per heavy atom. The molecular weight excluding hydrogens is 484 g/mol. The van der Waals surface area contributed by atoms with Crippen molar-refractivity contribution < 1.29 is 35.1 Å². The number of rotatable bonds is 3. The van der Waals surface area contributed by atoms with Gasteiger partial charge in [0, 0.05) is 0 Å². The van der Waals surface area contributed by atoms with Gasteiger partial charge in [-0.25, -0.2) is 35.1 Å². The van der Waals surface area contributed by atoms with E-state index in [4.69, 9.17) is 0 Å². The Bertz CT molecular complexity index is 1130. The van der Waals surface area contributed by atoms with Crippen LogP contribution in [0.15, 0.2) is 34.8 Å². The molecule has 30 heavy (non-hydrogen) atoms. The highest BCUT2D eigenvalue weighted by molar-refractivity contribution is 9.10. The average Bonchev–Trinajstić information content (AvgIpc) is 2.73. The zero-order valence-electron chi connectivity index (χ0n) is 14.9. The molecule has 0 heterocycles. The van der Waals surface area contributed by atoms with Gasteiger partial charge < -0.3 is 0 Å². The van der Waals surface area contributed by atoms with Gasteiger partial charge in [-0.1, -0.05) is 36.4 Å². The van der Waals surface area contributed by atoms with Crippen molar-refractivity contribution in [1.82, 2.24) is 0 Å². The molecule has 9 heteroatoms. The summed E-state index contributed by atoms with van der Waals surface area (Å²) in [6.07, 6.45) is 3.34. The van der Waals surface area contributed by atoms with E-state index in [2.05, 4.69) is 15.9 Å². The molecule has 0 N–H and O–H groups in total. The van der Waals surface area contributed by atoms with E-state index in [1.165, 1.54) is 24.3 Å². The molecular formula is C21H9BrF8. The first-order chi connectivity index (χ1) is 14.1. The number of hydrogen-bond acceptors (Lipinski definition) is 0. The maximum atomic E-state index is 14.6. The summed E-state index contributed by atoms with van der Waals surface area (Å²) >= 11 is 2.24. The zero-order valence-corrected chi connectivity index (χ0v) is 16.5. The van der Waals surface area contributed by atoms with Crippen LogP contribution < -0.4 is 0 Å². The van der Waals surface area contributed by atoms with Crippen LogP contribution in [0.25, 0.3) is 28.3 Å². The van der Waals surface area contributed by atoms with E-state index in [9.17, 15) is 35.1 Å². The topological polar surface area (TPSA) is 0 Å². The largest absolute Gasteiger partial charge is 0.203 e. The number of allylic oxidation sites excluding steroid dienone is 1. The standard InChI is InChI=1S/C21H9BrF8/c1-2-3-8-4-6-9(7-5-8)10-14(23)16(25)11(17(26)15(10)24)12-18(27)20(29)13(22)21(30)19(12)28/h2-7H,1H3/b3-2+. The van der Waals surface area contributed by atoms with E-state index in [1.54, 1.807) is 19.1 Å². The molecule has 0 aliphatic carbocycles. The second kappa shape index (κ2) is 8.22. The van der Waals surface area contributed by atoms with Crippen LogP contribution in [0.4, 0.5) is 35.1 Å². The average molecular weight is 493 g/mol. The molecule has 0 saturated carbocycles. The van der Waals surface area contributed by atoms with E-state index >= 15 is 0 Å². The maximum Gasteiger partial charge on any atom is 0.176 e. The van der Waals surface area contributed by atoms with Crippen LogP contribution in [0, 0.1) is 46.5 Å². The molecule has 0 aliphatic rings. The fourth-order valence-corrected chi connectivity index (χ4v) is 3.23. The lowest BCUT2D eigenvalue weighted by Crippen LogP contribution is -2.08. The molecule has 0 bridgehead atoms. The van der Waals surface area contributed by atoms with Gasteiger partial charge in [-0.2, -0.15) is 0 Å². The van der Waals surface area contributed by atoms with Gasteiger partial charge in [-0.3, -0.25) is 0 Å². The third-order valence-corrected chi connectivity index (χ3v) is 4.98. The van der Waals surface area contributed by atoms with Gasteiger partial charge in [0.2, 0.25) is 0 Å². The number of halogens is 9. The first-order valence-corrected chi connectivity index (χ1v) is 9.01. The van der Waals surface area contributed by atoms with Crippen molar-refractivity contribution in [2.45, 2.75) is 6.92 Å². The van der Waals surface area contributed by atoms with Gasteiger partial charge in [-0.15, -0.1) is 0 Å². The monoisotopic (exact) mass is 492 g/mol. The van der Waals surface area contributed by atoms with E-state index in [-0.39, 0.29) is 5.56 Å². The normalized spacial score (nSPS) is 11.5. The van der Waals surface area contributed by atoms with Crippen molar-refractivity contribution in [1.29, 1.82) is 0 Å². The second-order valence-electron chi connectivity index (χ2n) is 6.07. The van der Waals surface area contributed by atoms with Crippen molar-refractivity contribution >= 4 is 22.0 Å². The molecule has 3 rings (SSSR count). The fraction of sp³-hybridized carbons (Fsp3) is 0.0476. The summed E-state index contributed by atoms with van der Waals surface area (Å²) in [7, 11) is 0. The van der Waals surface area contributed by atoms with Crippen molar-refractivity contribution in [3.63, 3.8) is 0 Å². The number of hydrogen-bond donors (Lipinski definition) is 0. The summed E-state index contributed by atoms with van der Waals surface area (Å²) in [6, 6.07) is 5.18. The highest BCUT2D eigenvalue weighted by atomic mass is 79.9. The summed E-state index contributed by atoms with van der Waals surface area (Å²) in [6.45, 7) is 1.72. The van der Waals surface area contributed by atoms with Gasteiger partial charge in [0.15, 0.2) is 46.5 Å². The third-order valence-electron chi connectivity index (χ3n) is 4.28. The van der Waals surface area contributed by atoms with Crippen molar-refractivity contribution in [3.05, 3.63) is 86.9 Å². The van der Waals surface area contributed by atoms with Crippen LogP contribution in [0.3, 0.4) is 0 Å². The van der Waals surface area contributed by atoms with Crippen LogP contribution in [-0.2, 0) is 0 Å². The smallest absolute Gasteiger partial charge is 0.176 e. The first-order valence-electron chi connectivity index (χ1n) is 8.22. The Kier molecular flexibility index (Phi) is 6.03. The van der Waals surface area contributed by atoms with Gasteiger partial charge >= 0.3 is 0 Å². The predicted octanol–water partition coefficient (Wildman–Crippen LogP) is 7.93. The lowest BCUT2D eigenvalue weighted by Gasteiger charge is -2.15. The van der Waals surface area contributed by atoms with E-state index in [0.717, 1.165) is 0 Å². The Labute approximate surface area is 173 Å². The Morgan fingerprint density at radius 1 is 0.567 bits per heavy atom. The van der Waals surface area contributed by atoms with Gasteiger partial charge in [0.25, 0.3) is 0 Å². The zero-order chi connectivity index (χ0) is 22.3. The van der Waals surface area contributed by atoms with Crippen molar-refractivity contribution in [2.75, 3.05) is 0 Å². The minimum Gasteiger partial charge on any atom is -0.203 e. The molecule has 0 atom stereocenters. The third kappa shape index (κ3) is 3.40. The Hall–Kier alpha value is -2.68. The summed E-state index contributed by atoms with van der Waals surface area (Å²) in [5.41, 5.74) is -4.59. The maximum absolute atomic E-state index is 14.6. The Balaban J connectivity index is 2.33. The SMILES string of the molecule is C/C=C/c1ccc(-c2c(F)c(F)c(-c3c(F)c(F)c(Br)c(F)c3F)c(F)c2F)cc1. The lowest BCUT2D eigenvalue weighted by molar-refractivity contribution is 0.439. The van der Waals surface area contributed by atoms with Crippen molar-refractivity contribution in [2.24, 2.45) is 0 Å². The van der Waals surface area contributed by atoms with E-state index < -0.39 is 67.7 Å². The van der Waals surface area contributed by atoms with Gasteiger partial charge in [0.1, 0.15) is 0 Å². The molecule has 0 saturated heterocycles. The molecule has 0 aliphatic heterocycles. The van der Waals surface area contributed by atoms with E-state index in [1.807, 2.05) is 0 Å². The molecule has 0 aromatic heterocycles. The number of benzene rings is 3. The van der Waals surface area contributed by atoms with E-state index in [0.29, 0.717) is 5.56 Å². The van der Waals surface area contributed by atoms with Crippen LogP contribution in [0.5, 0.6) is 0 Å². The highest BCUT2D eigenvalue weighted by Gasteiger charge is 2.33. The quantitative estimate of drug-likeness (QED) is 0.198. The summed E-state index contributed by atoms with van der Waals surface area (Å²) in [4.78, 5) is 0. The molecule has 0 radical (unpaired) electrons. The summed E-state index contributed by atoms with van der Waals surface area (Å²) in [5, 5.41) is 0. The molecule has 0 spiro atoms. The van der Waals surface area contributed by atoms with Gasteiger partial charge in [0.05, 0.1) is 21.2 Å². The predicted molar refractivity (Wildman–Crippen MR) is 99.4 cm³/mol. The highest BCUT2D eigenvalue weighted by Crippen LogP contribution is 2.41. The lowest BCUT2D eigenvalue weighted by atomic mass is 9.96. The second-order valence-corrected chi connectivity index (χ2v) is 6.87. The molecule has 0 amide bonds. The van der Waals surface area contributed by atoms with Crippen LogP contribution in [-0.4, -0.2) is 0 Å². The molecule has 156 valence electrons. The van der Waals surface area contributed by atoms with Crippen molar-refractivity contribution in [3.8, 4) is 22.3 Å². The summed E-state index contributed by atoms with van der Waals surface area (Å²) < 4.78 is 113. The summed E-state index contributed by atoms with van der Waals surface area (Å²) in [5.74, 6) is -16.9. The molecule has 0 nitrogen and oxygen atoms in total. The molecule has 0 unspecified atom stereocenters. The fourth-order valence-electron chi connectivity index (χ4n) is 2.88. The van der Waals surface area contributed by atoms with Gasteiger partial charge in [-0.05, 0) is 34.0 Å². The molecule has 3 aromatic carbocycles.